The second-order valence-corrected chi connectivity index (χ2v) is 4.87. The van der Waals surface area contributed by atoms with E-state index in [1.54, 1.807) is 20.1 Å². The lowest BCUT2D eigenvalue weighted by molar-refractivity contribution is 0.155. The predicted molar refractivity (Wildman–Crippen MR) is 72.3 cm³/mol. The quantitative estimate of drug-likeness (QED) is 0.769. The molecule has 0 saturated carbocycles. The highest BCUT2D eigenvalue weighted by atomic mass is 127. The number of rotatable bonds is 4. The lowest BCUT2D eigenvalue weighted by Gasteiger charge is -2.03. The smallest absolute Gasteiger partial charge is 0.267 e. The van der Waals surface area contributed by atoms with Crippen LogP contribution < -0.4 is 5.56 Å². The first-order chi connectivity index (χ1) is 8.61. The molecule has 0 bridgehead atoms. The van der Waals surface area contributed by atoms with E-state index in [2.05, 4.69) is 10.1 Å². The van der Waals surface area contributed by atoms with Crippen molar-refractivity contribution in [3.63, 3.8) is 0 Å². The Morgan fingerprint density at radius 1 is 1.56 bits per heavy atom. The second kappa shape index (κ2) is 5.61. The first kappa shape index (κ1) is 13.2. The lowest BCUT2D eigenvalue weighted by Crippen LogP contribution is -2.24. The monoisotopic (exact) mass is 361 g/mol. The van der Waals surface area contributed by atoms with Gasteiger partial charge in [0.25, 0.3) is 5.56 Å². The van der Waals surface area contributed by atoms with E-state index >= 15 is 0 Å². The summed E-state index contributed by atoms with van der Waals surface area (Å²) >= 11 is 2.00. The van der Waals surface area contributed by atoms with Gasteiger partial charge in [0.2, 0.25) is 0 Å². The van der Waals surface area contributed by atoms with Gasteiger partial charge >= 0.3 is 0 Å². The third-order valence-electron chi connectivity index (χ3n) is 2.38. The molecule has 0 radical (unpaired) electrons. The van der Waals surface area contributed by atoms with Crippen LogP contribution in [0.25, 0.3) is 0 Å². The van der Waals surface area contributed by atoms with Crippen molar-refractivity contribution >= 4 is 22.6 Å². The normalized spacial score (nSPS) is 10.8. The second-order valence-electron chi connectivity index (χ2n) is 3.79. The predicted octanol–water partition coefficient (Wildman–Crippen LogP) is 1.34. The van der Waals surface area contributed by atoms with Gasteiger partial charge in [0, 0.05) is 13.2 Å². The summed E-state index contributed by atoms with van der Waals surface area (Å²) in [5, 5.41) is 3.88. The van der Waals surface area contributed by atoms with E-state index < -0.39 is 0 Å². The van der Waals surface area contributed by atoms with Crippen LogP contribution in [0.5, 0.6) is 0 Å². The molecule has 0 aliphatic rings. The molecule has 0 aromatic carbocycles. The molecule has 0 spiro atoms. The number of aryl methyl sites for hydroxylation is 1. The molecule has 0 atom stereocenters. The fourth-order valence-corrected chi connectivity index (χ4v) is 1.92. The number of hydrogen-bond donors (Lipinski definition) is 0. The zero-order valence-corrected chi connectivity index (χ0v) is 12.2. The van der Waals surface area contributed by atoms with Gasteiger partial charge in [-0.3, -0.25) is 9.36 Å². The van der Waals surface area contributed by atoms with Crippen molar-refractivity contribution in [3.8, 4) is 0 Å². The molecule has 0 aliphatic carbocycles. The standard InChI is InChI=1S/C11H12IN3O3/c1-7-10(12)11(16)15(6-13-7)4-8-3-9(5-17-2)18-14-8/h3,6H,4-5H2,1-2H3. The molecule has 0 fully saturated rings. The summed E-state index contributed by atoms with van der Waals surface area (Å²) in [7, 11) is 1.58. The maximum Gasteiger partial charge on any atom is 0.267 e. The van der Waals surface area contributed by atoms with Crippen LogP contribution >= 0.6 is 22.6 Å². The van der Waals surface area contributed by atoms with Gasteiger partial charge in [-0.2, -0.15) is 0 Å². The Labute approximate surface area is 117 Å². The van der Waals surface area contributed by atoms with Crippen molar-refractivity contribution < 1.29 is 9.26 Å². The molecule has 0 aliphatic heterocycles. The van der Waals surface area contributed by atoms with Gasteiger partial charge in [-0.05, 0) is 29.5 Å². The number of methoxy groups -OCH3 is 1. The minimum atomic E-state index is -0.0700. The van der Waals surface area contributed by atoms with Crippen LogP contribution in [-0.4, -0.2) is 21.8 Å². The van der Waals surface area contributed by atoms with E-state index in [0.29, 0.717) is 28.2 Å². The van der Waals surface area contributed by atoms with E-state index in [-0.39, 0.29) is 5.56 Å². The van der Waals surface area contributed by atoms with Crippen molar-refractivity contribution in [1.29, 1.82) is 0 Å². The summed E-state index contributed by atoms with van der Waals surface area (Å²) in [4.78, 5) is 16.1. The van der Waals surface area contributed by atoms with Crippen molar-refractivity contribution in [2.75, 3.05) is 7.11 Å². The van der Waals surface area contributed by atoms with Gasteiger partial charge in [0.1, 0.15) is 12.3 Å². The third kappa shape index (κ3) is 2.78. The average Bonchev–Trinajstić information content (AvgIpc) is 2.78. The first-order valence-electron chi connectivity index (χ1n) is 5.26. The van der Waals surface area contributed by atoms with Crippen LogP contribution in [0.4, 0.5) is 0 Å². The SMILES string of the molecule is COCc1cc(Cn2cnc(C)c(I)c2=O)no1. The molecule has 2 aromatic rings. The first-order valence-corrected chi connectivity index (χ1v) is 6.34. The summed E-state index contributed by atoms with van der Waals surface area (Å²) < 4.78 is 12.1. The maximum atomic E-state index is 12.0. The summed E-state index contributed by atoms with van der Waals surface area (Å²) in [6.07, 6.45) is 1.52. The third-order valence-corrected chi connectivity index (χ3v) is 3.63. The highest BCUT2D eigenvalue weighted by molar-refractivity contribution is 14.1. The Morgan fingerprint density at radius 2 is 2.33 bits per heavy atom. The zero-order valence-electron chi connectivity index (χ0n) is 10.0. The summed E-state index contributed by atoms with van der Waals surface area (Å²) in [5.41, 5.74) is 1.34. The molecule has 0 saturated heterocycles. The molecule has 2 aromatic heterocycles. The molecule has 2 rings (SSSR count). The average molecular weight is 361 g/mol. The largest absolute Gasteiger partial charge is 0.377 e. The van der Waals surface area contributed by atoms with Gasteiger partial charge < -0.3 is 9.26 Å². The maximum absolute atomic E-state index is 12.0. The molecule has 18 heavy (non-hydrogen) atoms. The van der Waals surface area contributed by atoms with Crippen LogP contribution in [0.2, 0.25) is 0 Å². The fraction of sp³-hybridized carbons (Fsp3) is 0.364. The van der Waals surface area contributed by atoms with Gasteiger partial charge in [-0.1, -0.05) is 5.16 Å². The number of hydrogen-bond acceptors (Lipinski definition) is 5. The van der Waals surface area contributed by atoms with Crippen LogP contribution in [0.15, 0.2) is 21.7 Å². The number of ether oxygens (including phenoxy) is 1. The highest BCUT2D eigenvalue weighted by Crippen LogP contribution is 2.07. The summed E-state index contributed by atoms with van der Waals surface area (Å²) in [5.74, 6) is 0.635. The molecule has 0 unspecified atom stereocenters. The molecular weight excluding hydrogens is 349 g/mol. The number of nitrogens with zero attached hydrogens (tertiary/aromatic N) is 3. The van der Waals surface area contributed by atoms with Crippen LogP contribution in [0, 0.1) is 10.5 Å². The van der Waals surface area contributed by atoms with E-state index in [1.165, 1.54) is 10.9 Å². The van der Waals surface area contributed by atoms with E-state index in [1.807, 2.05) is 22.6 Å². The molecular formula is C11H12IN3O3. The molecule has 6 nitrogen and oxygen atoms in total. The zero-order chi connectivity index (χ0) is 13.1. The van der Waals surface area contributed by atoms with E-state index in [4.69, 9.17) is 9.26 Å². The summed E-state index contributed by atoms with van der Waals surface area (Å²) in [6, 6.07) is 1.77. The fourth-order valence-electron chi connectivity index (χ4n) is 1.47. The number of aromatic nitrogens is 3. The van der Waals surface area contributed by atoms with E-state index in [0.717, 1.165) is 5.69 Å². The molecule has 0 N–H and O–H groups in total. The Bertz CT molecular complexity index is 606. The van der Waals surface area contributed by atoms with E-state index in [9.17, 15) is 4.79 Å². The molecule has 7 heteroatoms. The van der Waals surface area contributed by atoms with Crippen LogP contribution in [0.3, 0.4) is 0 Å². The van der Waals surface area contributed by atoms with Crippen molar-refractivity contribution in [3.05, 3.63) is 43.5 Å². The minimum Gasteiger partial charge on any atom is -0.377 e. The summed E-state index contributed by atoms with van der Waals surface area (Å²) in [6.45, 7) is 2.52. The van der Waals surface area contributed by atoms with Crippen molar-refractivity contribution in [2.45, 2.75) is 20.1 Å². The van der Waals surface area contributed by atoms with Crippen LogP contribution in [-0.2, 0) is 17.9 Å². The minimum absolute atomic E-state index is 0.0700. The Kier molecular flexibility index (Phi) is 4.12. The van der Waals surface area contributed by atoms with Gasteiger partial charge in [0.15, 0.2) is 5.76 Å². The Balaban J connectivity index is 2.23. The molecule has 0 amide bonds. The number of halogens is 1. The lowest BCUT2D eigenvalue weighted by atomic mass is 10.3. The van der Waals surface area contributed by atoms with Gasteiger partial charge in [-0.25, -0.2) is 4.98 Å². The topological polar surface area (TPSA) is 70.2 Å². The van der Waals surface area contributed by atoms with Crippen molar-refractivity contribution in [1.82, 2.24) is 14.7 Å². The van der Waals surface area contributed by atoms with Gasteiger partial charge in [-0.15, -0.1) is 0 Å². The van der Waals surface area contributed by atoms with Crippen LogP contribution in [0.1, 0.15) is 17.1 Å². The van der Waals surface area contributed by atoms with Crippen molar-refractivity contribution in [2.24, 2.45) is 0 Å². The Morgan fingerprint density at radius 3 is 3.06 bits per heavy atom. The highest BCUT2D eigenvalue weighted by Gasteiger charge is 2.09. The molecule has 96 valence electrons. The Hall–Kier alpha value is -1.22. The molecule has 2 heterocycles. The van der Waals surface area contributed by atoms with Gasteiger partial charge in [0.05, 0.1) is 22.1 Å².